The lowest BCUT2D eigenvalue weighted by Gasteiger charge is -2.27. The Balaban J connectivity index is 2.20. The first kappa shape index (κ1) is 14.4. The molecule has 2 rings (SSSR count). The first-order valence-corrected chi connectivity index (χ1v) is 8.01. The van der Waals surface area contributed by atoms with Crippen LogP contribution in [0.15, 0.2) is 24.3 Å². The van der Waals surface area contributed by atoms with E-state index in [0.717, 1.165) is 12.8 Å². The van der Waals surface area contributed by atoms with Gasteiger partial charge in [0.1, 0.15) is 5.75 Å². The zero-order chi connectivity index (χ0) is 14.6. The lowest BCUT2D eigenvalue weighted by Crippen LogP contribution is -2.35. The molecule has 1 aliphatic rings. The number of piperidine rings is 1. The fraction of sp³-hybridized carbons (Fsp3) is 0.357. The SMILES string of the molecule is C#CCS(=O)(=O)Nc1cccc(N2CCCCC2=O)c1. The van der Waals surface area contributed by atoms with E-state index in [2.05, 4.69) is 10.6 Å². The van der Waals surface area contributed by atoms with Crippen LogP contribution < -0.4 is 9.62 Å². The number of carbonyl (C=O) groups excluding carboxylic acids is 1. The van der Waals surface area contributed by atoms with Gasteiger partial charge in [-0.15, -0.1) is 6.42 Å². The summed E-state index contributed by atoms with van der Waals surface area (Å²) in [7, 11) is -3.54. The van der Waals surface area contributed by atoms with Crippen LogP contribution in [0.4, 0.5) is 11.4 Å². The van der Waals surface area contributed by atoms with Gasteiger partial charge < -0.3 is 4.90 Å². The molecule has 0 bridgehead atoms. The van der Waals surface area contributed by atoms with Crippen LogP contribution in [0.2, 0.25) is 0 Å². The van der Waals surface area contributed by atoms with Gasteiger partial charge in [0, 0.05) is 18.7 Å². The van der Waals surface area contributed by atoms with Crippen LogP contribution in [0, 0.1) is 12.3 Å². The lowest BCUT2D eigenvalue weighted by molar-refractivity contribution is -0.119. The second-order valence-corrected chi connectivity index (χ2v) is 6.34. The van der Waals surface area contributed by atoms with E-state index < -0.39 is 10.0 Å². The molecule has 20 heavy (non-hydrogen) atoms. The van der Waals surface area contributed by atoms with Crippen molar-refractivity contribution in [2.24, 2.45) is 0 Å². The van der Waals surface area contributed by atoms with E-state index in [1.807, 2.05) is 0 Å². The third-order valence-electron chi connectivity index (χ3n) is 3.03. The predicted octanol–water partition coefficient (Wildman–Crippen LogP) is 1.58. The fourth-order valence-corrected chi connectivity index (χ4v) is 2.92. The van der Waals surface area contributed by atoms with Crippen molar-refractivity contribution in [1.82, 2.24) is 0 Å². The lowest BCUT2D eigenvalue weighted by atomic mass is 10.1. The van der Waals surface area contributed by atoms with E-state index in [-0.39, 0.29) is 11.7 Å². The molecule has 0 aliphatic carbocycles. The number of nitrogens with one attached hydrogen (secondary N) is 1. The number of carbonyl (C=O) groups is 1. The Hall–Kier alpha value is -2.00. The molecule has 0 unspecified atom stereocenters. The molecule has 1 aromatic rings. The van der Waals surface area contributed by atoms with Gasteiger partial charge in [0.05, 0.1) is 5.69 Å². The normalized spacial score (nSPS) is 15.8. The largest absolute Gasteiger partial charge is 0.312 e. The molecule has 1 fully saturated rings. The molecule has 0 spiro atoms. The van der Waals surface area contributed by atoms with Crippen molar-refractivity contribution in [3.8, 4) is 12.3 Å². The molecule has 1 heterocycles. The summed E-state index contributed by atoms with van der Waals surface area (Å²) >= 11 is 0. The third-order valence-corrected chi connectivity index (χ3v) is 4.12. The minimum atomic E-state index is -3.54. The van der Waals surface area contributed by atoms with Gasteiger partial charge in [0.25, 0.3) is 0 Å². The van der Waals surface area contributed by atoms with E-state index >= 15 is 0 Å². The van der Waals surface area contributed by atoms with Gasteiger partial charge in [-0.05, 0) is 31.0 Å². The van der Waals surface area contributed by atoms with Crippen molar-refractivity contribution in [2.45, 2.75) is 19.3 Å². The van der Waals surface area contributed by atoms with Crippen LogP contribution in [0.25, 0.3) is 0 Å². The summed E-state index contributed by atoms with van der Waals surface area (Å²) in [5.74, 6) is 1.79. The summed E-state index contributed by atoms with van der Waals surface area (Å²) < 4.78 is 25.6. The van der Waals surface area contributed by atoms with E-state index in [1.165, 1.54) is 0 Å². The second-order valence-electron chi connectivity index (χ2n) is 4.62. The van der Waals surface area contributed by atoms with Crippen LogP contribution in [0.1, 0.15) is 19.3 Å². The number of hydrogen-bond donors (Lipinski definition) is 1. The highest BCUT2D eigenvalue weighted by molar-refractivity contribution is 7.92. The van der Waals surface area contributed by atoms with Crippen molar-refractivity contribution >= 4 is 27.3 Å². The molecule has 1 aliphatic heterocycles. The standard InChI is InChI=1S/C14H16N2O3S/c1-2-10-20(18,19)15-12-6-5-7-13(11-12)16-9-4-3-8-14(16)17/h1,5-7,11,15H,3-4,8-10H2. The van der Waals surface area contributed by atoms with Gasteiger partial charge in [0.15, 0.2) is 0 Å². The van der Waals surface area contributed by atoms with Crippen LogP contribution in [0.5, 0.6) is 0 Å². The summed E-state index contributed by atoms with van der Waals surface area (Å²) in [5.41, 5.74) is 1.12. The molecular formula is C14H16N2O3S. The molecule has 1 amide bonds. The summed E-state index contributed by atoms with van der Waals surface area (Å²) in [6.07, 6.45) is 7.41. The average molecular weight is 292 g/mol. The monoisotopic (exact) mass is 292 g/mol. The number of nitrogens with zero attached hydrogens (tertiary/aromatic N) is 1. The maximum Gasteiger partial charge on any atom is 0.244 e. The topological polar surface area (TPSA) is 66.5 Å². The third kappa shape index (κ3) is 3.52. The molecule has 1 N–H and O–H groups in total. The smallest absolute Gasteiger partial charge is 0.244 e. The predicted molar refractivity (Wildman–Crippen MR) is 78.9 cm³/mol. The first-order valence-electron chi connectivity index (χ1n) is 6.36. The molecule has 0 radical (unpaired) electrons. The molecule has 106 valence electrons. The van der Waals surface area contributed by atoms with Crippen molar-refractivity contribution in [2.75, 3.05) is 21.9 Å². The minimum Gasteiger partial charge on any atom is -0.312 e. The van der Waals surface area contributed by atoms with Crippen molar-refractivity contribution in [1.29, 1.82) is 0 Å². The maximum atomic E-state index is 11.9. The van der Waals surface area contributed by atoms with E-state index in [9.17, 15) is 13.2 Å². The van der Waals surface area contributed by atoms with E-state index in [0.29, 0.717) is 24.3 Å². The molecule has 6 heteroatoms. The minimum absolute atomic E-state index is 0.0693. The van der Waals surface area contributed by atoms with Gasteiger partial charge in [-0.1, -0.05) is 12.0 Å². The molecule has 5 nitrogen and oxygen atoms in total. The first-order chi connectivity index (χ1) is 9.52. The van der Waals surface area contributed by atoms with Crippen LogP contribution in [-0.2, 0) is 14.8 Å². The Kier molecular flexibility index (Phi) is 4.30. The van der Waals surface area contributed by atoms with Gasteiger partial charge >= 0.3 is 0 Å². The van der Waals surface area contributed by atoms with Crippen LogP contribution in [0.3, 0.4) is 0 Å². The molecule has 1 aromatic carbocycles. The Labute approximate surface area is 119 Å². The zero-order valence-corrected chi connectivity index (χ0v) is 11.8. The van der Waals surface area contributed by atoms with Gasteiger partial charge in [-0.2, -0.15) is 0 Å². The van der Waals surface area contributed by atoms with Crippen molar-refractivity contribution in [3.05, 3.63) is 24.3 Å². The summed E-state index contributed by atoms with van der Waals surface area (Å²) in [6, 6.07) is 6.79. The van der Waals surface area contributed by atoms with Crippen LogP contribution >= 0.6 is 0 Å². The molecule has 0 atom stereocenters. The molecule has 0 aromatic heterocycles. The highest BCUT2D eigenvalue weighted by Gasteiger charge is 2.20. The number of anilines is 2. The summed E-state index contributed by atoms with van der Waals surface area (Å²) in [4.78, 5) is 13.5. The quantitative estimate of drug-likeness (QED) is 0.857. The zero-order valence-electron chi connectivity index (χ0n) is 11.0. The van der Waals surface area contributed by atoms with E-state index in [1.54, 1.807) is 29.2 Å². The highest BCUT2D eigenvalue weighted by atomic mass is 32.2. The number of amides is 1. The Morgan fingerprint density at radius 3 is 2.85 bits per heavy atom. The number of sulfonamides is 1. The number of hydrogen-bond acceptors (Lipinski definition) is 3. The number of terminal acetylenes is 1. The Bertz CT molecular complexity index is 647. The maximum absolute atomic E-state index is 11.9. The van der Waals surface area contributed by atoms with E-state index in [4.69, 9.17) is 6.42 Å². The molecular weight excluding hydrogens is 276 g/mol. The average Bonchev–Trinajstić information content (AvgIpc) is 2.38. The number of benzene rings is 1. The Morgan fingerprint density at radius 2 is 2.15 bits per heavy atom. The Morgan fingerprint density at radius 1 is 1.35 bits per heavy atom. The fourth-order valence-electron chi connectivity index (χ4n) is 2.14. The number of rotatable bonds is 4. The van der Waals surface area contributed by atoms with Gasteiger partial charge in [-0.3, -0.25) is 9.52 Å². The van der Waals surface area contributed by atoms with Gasteiger partial charge in [0.2, 0.25) is 15.9 Å². The van der Waals surface area contributed by atoms with Gasteiger partial charge in [-0.25, -0.2) is 8.42 Å². The molecule has 0 saturated carbocycles. The van der Waals surface area contributed by atoms with Crippen molar-refractivity contribution < 1.29 is 13.2 Å². The summed E-state index contributed by atoms with van der Waals surface area (Å²) in [5, 5.41) is 0. The second kappa shape index (κ2) is 5.97. The van der Waals surface area contributed by atoms with Crippen LogP contribution in [-0.4, -0.2) is 26.6 Å². The summed E-state index contributed by atoms with van der Waals surface area (Å²) in [6.45, 7) is 0.666. The molecule has 1 saturated heterocycles. The van der Waals surface area contributed by atoms with Crippen molar-refractivity contribution in [3.63, 3.8) is 0 Å². The highest BCUT2D eigenvalue weighted by Crippen LogP contribution is 2.24.